The van der Waals surface area contributed by atoms with Crippen LogP contribution in [0.25, 0.3) is 11.3 Å². The van der Waals surface area contributed by atoms with Crippen LogP contribution in [0.4, 0.5) is 0 Å². The molecule has 0 unspecified atom stereocenters. The third-order valence-electron chi connectivity index (χ3n) is 2.61. The summed E-state index contributed by atoms with van der Waals surface area (Å²) >= 11 is 0. The SMILES string of the molecule is CCOP(=O)(OCC)c1nc(C)oc1-c1ccccc1. The molecular weight excluding hydrogens is 277 g/mol. The van der Waals surface area contributed by atoms with Crippen molar-refractivity contribution in [2.75, 3.05) is 13.2 Å². The van der Waals surface area contributed by atoms with Crippen LogP contribution in [-0.2, 0) is 13.6 Å². The fourth-order valence-electron chi connectivity index (χ4n) is 1.88. The monoisotopic (exact) mass is 295 g/mol. The zero-order valence-corrected chi connectivity index (χ0v) is 12.7. The minimum Gasteiger partial charge on any atom is -0.440 e. The molecule has 0 aliphatic heterocycles. The minimum atomic E-state index is -3.46. The Kier molecular flexibility index (Phi) is 4.76. The van der Waals surface area contributed by atoms with E-state index in [0.29, 0.717) is 11.7 Å². The molecule has 0 aliphatic rings. The van der Waals surface area contributed by atoms with Crippen LogP contribution in [0.5, 0.6) is 0 Å². The first-order valence-electron chi connectivity index (χ1n) is 6.53. The first kappa shape index (κ1) is 15.0. The smallest absolute Gasteiger partial charge is 0.383 e. The molecule has 6 heteroatoms. The normalized spacial score (nSPS) is 11.8. The maximum absolute atomic E-state index is 12.9. The Morgan fingerprint density at radius 3 is 2.30 bits per heavy atom. The lowest BCUT2D eigenvalue weighted by molar-refractivity contribution is 0.229. The van der Waals surface area contributed by atoms with Gasteiger partial charge in [-0.2, -0.15) is 0 Å². The Labute approximate surface area is 118 Å². The molecule has 1 heterocycles. The average Bonchev–Trinajstić information content (AvgIpc) is 2.83. The molecule has 0 N–H and O–H groups in total. The highest BCUT2D eigenvalue weighted by Gasteiger charge is 2.35. The van der Waals surface area contributed by atoms with E-state index in [9.17, 15) is 4.57 Å². The molecule has 20 heavy (non-hydrogen) atoms. The number of aryl methyl sites for hydroxylation is 1. The van der Waals surface area contributed by atoms with E-state index >= 15 is 0 Å². The molecule has 0 aliphatic carbocycles. The standard InChI is InChI=1S/C14H18NO4P/c1-4-17-20(16,18-5-2)14-13(19-11(3)15-14)12-9-7-6-8-10-12/h6-10H,4-5H2,1-3H3. The zero-order valence-electron chi connectivity index (χ0n) is 11.8. The highest BCUT2D eigenvalue weighted by Crippen LogP contribution is 2.48. The topological polar surface area (TPSA) is 61.6 Å². The number of aromatic nitrogens is 1. The van der Waals surface area contributed by atoms with E-state index in [0.717, 1.165) is 5.56 Å². The lowest BCUT2D eigenvalue weighted by atomic mass is 10.2. The summed E-state index contributed by atoms with van der Waals surface area (Å²) in [6.45, 7) is 5.79. The second-order valence-corrected chi connectivity index (χ2v) is 6.02. The van der Waals surface area contributed by atoms with Crippen molar-refractivity contribution in [2.24, 2.45) is 0 Å². The number of benzene rings is 1. The minimum absolute atomic E-state index is 0.241. The molecule has 5 nitrogen and oxygen atoms in total. The number of rotatable bonds is 6. The molecule has 2 aromatic rings. The maximum Gasteiger partial charge on any atom is 0.383 e. The molecule has 1 aromatic carbocycles. The Morgan fingerprint density at radius 1 is 1.15 bits per heavy atom. The second-order valence-electron chi connectivity index (χ2n) is 4.08. The van der Waals surface area contributed by atoms with Gasteiger partial charge in [0.05, 0.1) is 13.2 Å². The number of oxazole rings is 1. The van der Waals surface area contributed by atoms with Crippen molar-refractivity contribution in [1.29, 1.82) is 0 Å². The van der Waals surface area contributed by atoms with Crippen molar-refractivity contribution in [3.05, 3.63) is 36.2 Å². The molecule has 1 aromatic heterocycles. The summed E-state index contributed by atoms with van der Waals surface area (Å²) in [5.74, 6) is 0.867. The van der Waals surface area contributed by atoms with Crippen LogP contribution in [-0.4, -0.2) is 18.2 Å². The Hall–Kier alpha value is -1.42. The van der Waals surface area contributed by atoms with Crippen LogP contribution in [0, 0.1) is 6.92 Å². The highest BCUT2D eigenvalue weighted by molar-refractivity contribution is 7.62. The van der Waals surface area contributed by atoms with E-state index < -0.39 is 7.60 Å². The molecule has 0 amide bonds. The third-order valence-corrected chi connectivity index (χ3v) is 4.63. The predicted octanol–water partition coefficient (Wildman–Crippen LogP) is 3.54. The van der Waals surface area contributed by atoms with E-state index in [1.54, 1.807) is 20.8 Å². The molecule has 0 fully saturated rings. The van der Waals surface area contributed by atoms with Gasteiger partial charge in [0.15, 0.2) is 17.1 Å². The second kappa shape index (κ2) is 6.35. The molecule has 0 bridgehead atoms. The maximum atomic E-state index is 12.9. The van der Waals surface area contributed by atoms with Gasteiger partial charge in [-0.15, -0.1) is 0 Å². The van der Waals surface area contributed by atoms with E-state index in [4.69, 9.17) is 13.5 Å². The van der Waals surface area contributed by atoms with Gasteiger partial charge in [0.2, 0.25) is 0 Å². The van der Waals surface area contributed by atoms with E-state index in [-0.39, 0.29) is 18.6 Å². The van der Waals surface area contributed by atoms with Crippen molar-refractivity contribution in [3.63, 3.8) is 0 Å². The molecule has 108 valence electrons. The van der Waals surface area contributed by atoms with E-state index in [1.165, 1.54) is 0 Å². The van der Waals surface area contributed by atoms with Crippen LogP contribution in [0.3, 0.4) is 0 Å². The first-order chi connectivity index (χ1) is 9.60. The predicted molar refractivity (Wildman–Crippen MR) is 77.2 cm³/mol. The van der Waals surface area contributed by atoms with E-state index in [2.05, 4.69) is 4.98 Å². The molecule has 2 rings (SSSR count). The summed E-state index contributed by atoms with van der Waals surface area (Å²) in [6.07, 6.45) is 0. The van der Waals surface area contributed by atoms with Crippen molar-refractivity contribution in [2.45, 2.75) is 20.8 Å². The van der Waals surface area contributed by atoms with Gasteiger partial charge in [-0.25, -0.2) is 4.98 Å². The number of hydrogen-bond acceptors (Lipinski definition) is 5. The molecular formula is C14H18NO4P. The number of nitrogens with zero attached hydrogens (tertiary/aromatic N) is 1. The van der Waals surface area contributed by atoms with Crippen molar-refractivity contribution in [1.82, 2.24) is 4.98 Å². The average molecular weight is 295 g/mol. The summed E-state index contributed by atoms with van der Waals surface area (Å²) < 4.78 is 29.1. The van der Waals surface area contributed by atoms with Crippen LogP contribution >= 0.6 is 7.60 Å². The Morgan fingerprint density at radius 2 is 1.75 bits per heavy atom. The summed E-state index contributed by atoms with van der Waals surface area (Å²) in [6, 6.07) is 9.39. The van der Waals surface area contributed by atoms with Crippen molar-refractivity contribution < 1.29 is 18.0 Å². The summed E-state index contributed by atoms with van der Waals surface area (Å²) in [4.78, 5) is 4.22. The van der Waals surface area contributed by atoms with Gasteiger partial charge in [-0.05, 0) is 13.8 Å². The van der Waals surface area contributed by atoms with E-state index in [1.807, 2.05) is 30.3 Å². The zero-order chi connectivity index (χ0) is 14.6. The Bertz CT molecular complexity index is 599. The van der Waals surface area contributed by atoms with Gasteiger partial charge in [0.25, 0.3) is 0 Å². The van der Waals surface area contributed by atoms with Crippen LogP contribution in [0.2, 0.25) is 0 Å². The van der Waals surface area contributed by atoms with Gasteiger partial charge < -0.3 is 13.5 Å². The fraction of sp³-hybridized carbons (Fsp3) is 0.357. The highest BCUT2D eigenvalue weighted by atomic mass is 31.2. The lowest BCUT2D eigenvalue weighted by Gasteiger charge is -2.15. The van der Waals surface area contributed by atoms with Crippen molar-refractivity contribution in [3.8, 4) is 11.3 Å². The lowest BCUT2D eigenvalue weighted by Crippen LogP contribution is -2.14. The van der Waals surface area contributed by atoms with Gasteiger partial charge in [0, 0.05) is 12.5 Å². The van der Waals surface area contributed by atoms with Crippen LogP contribution in [0.1, 0.15) is 19.7 Å². The molecule has 0 saturated heterocycles. The molecule has 0 saturated carbocycles. The largest absolute Gasteiger partial charge is 0.440 e. The third kappa shape index (κ3) is 3.01. The van der Waals surface area contributed by atoms with Crippen LogP contribution < -0.4 is 5.44 Å². The molecule has 0 spiro atoms. The summed E-state index contributed by atoms with van der Waals surface area (Å²) in [7, 11) is -3.46. The Balaban J connectivity index is 2.54. The van der Waals surface area contributed by atoms with Gasteiger partial charge in [0.1, 0.15) is 0 Å². The van der Waals surface area contributed by atoms with Gasteiger partial charge in [-0.3, -0.25) is 4.57 Å². The number of hydrogen-bond donors (Lipinski definition) is 0. The van der Waals surface area contributed by atoms with Crippen molar-refractivity contribution >= 4 is 13.0 Å². The summed E-state index contributed by atoms with van der Waals surface area (Å²) in [5.41, 5.74) is 1.03. The molecule has 0 radical (unpaired) electrons. The quantitative estimate of drug-likeness (QED) is 0.763. The van der Waals surface area contributed by atoms with Gasteiger partial charge in [-0.1, -0.05) is 30.3 Å². The first-order valence-corrected chi connectivity index (χ1v) is 8.07. The van der Waals surface area contributed by atoms with Crippen LogP contribution in [0.15, 0.2) is 34.7 Å². The fourth-order valence-corrected chi connectivity index (χ4v) is 3.56. The summed E-state index contributed by atoms with van der Waals surface area (Å²) in [5, 5.41) is 0. The van der Waals surface area contributed by atoms with Gasteiger partial charge >= 0.3 is 7.60 Å². The molecule has 0 atom stereocenters.